The predicted molar refractivity (Wildman–Crippen MR) is 112 cm³/mol. The molecule has 5 nitrogen and oxygen atoms in total. The first-order chi connectivity index (χ1) is 12.5. The predicted octanol–water partition coefficient (Wildman–Crippen LogP) is 4.90. The lowest BCUT2D eigenvalue weighted by Gasteiger charge is -2.33. The largest absolute Gasteiger partial charge is 0.458 e. The molecule has 0 aliphatic heterocycles. The van der Waals surface area contributed by atoms with Gasteiger partial charge in [0, 0.05) is 5.41 Å². The lowest BCUT2D eigenvalue weighted by atomic mass is 9.92. The third-order valence-electron chi connectivity index (χ3n) is 4.81. The number of anilines is 1. The molecule has 146 valence electrons. The fourth-order valence-electron chi connectivity index (χ4n) is 3.47. The van der Waals surface area contributed by atoms with E-state index in [1.165, 1.54) is 15.6 Å². The van der Waals surface area contributed by atoms with E-state index in [2.05, 4.69) is 15.9 Å². The number of rotatable bonds is 5. The van der Waals surface area contributed by atoms with Crippen LogP contribution in [0.3, 0.4) is 0 Å². The van der Waals surface area contributed by atoms with Crippen molar-refractivity contribution in [3.8, 4) is 0 Å². The molecule has 1 fully saturated rings. The molecule has 0 saturated heterocycles. The SMILES string of the molecule is CC(C)(C)OC(=O)C1(N(c2ccc(Br)s2)S(=O)O)CC1(C)c1ccccc1. The normalized spacial score (nSPS) is 25.7. The number of hydrogen-bond acceptors (Lipinski definition) is 4. The minimum Gasteiger partial charge on any atom is -0.458 e. The fraction of sp³-hybridized carbons (Fsp3) is 0.421. The zero-order valence-electron chi connectivity index (χ0n) is 15.6. The van der Waals surface area contributed by atoms with Crippen molar-refractivity contribution in [2.45, 2.75) is 50.7 Å². The number of nitrogens with zero attached hydrogens (tertiary/aromatic N) is 1. The van der Waals surface area contributed by atoms with Gasteiger partial charge < -0.3 is 4.74 Å². The molecule has 1 aliphatic carbocycles. The van der Waals surface area contributed by atoms with Crippen molar-refractivity contribution in [1.82, 2.24) is 0 Å². The Morgan fingerprint density at radius 3 is 2.37 bits per heavy atom. The molecule has 3 unspecified atom stereocenters. The minimum absolute atomic E-state index is 0.390. The molecule has 1 N–H and O–H groups in total. The molecule has 1 heterocycles. The van der Waals surface area contributed by atoms with Crippen LogP contribution in [0, 0.1) is 0 Å². The van der Waals surface area contributed by atoms with Crippen LogP contribution in [0.25, 0.3) is 0 Å². The van der Waals surface area contributed by atoms with Gasteiger partial charge in [-0.15, -0.1) is 11.3 Å². The third-order valence-corrected chi connectivity index (χ3v) is 7.35. The summed E-state index contributed by atoms with van der Waals surface area (Å²) >= 11 is 2.30. The number of halogens is 1. The highest BCUT2D eigenvalue weighted by Crippen LogP contribution is 2.63. The van der Waals surface area contributed by atoms with Crippen molar-refractivity contribution in [2.24, 2.45) is 0 Å². The summed E-state index contributed by atoms with van der Waals surface area (Å²) in [7, 11) is 0. The Morgan fingerprint density at radius 1 is 1.26 bits per heavy atom. The third kappa shape index (κ3) is 3.60. The molecule has 0 amide bonds. The summed E-state index contributed by atoms with van der Waals surface area (Å²) in [5.74, 6) is -0.492. The first-order valence-electron chi connectivity index (χ1n) is 8.47. The number of carbonyl (C=O) groups is 1. The molecule has 1 aromatic carbocycles. The second-order valence-corrected chi connectivity index (χ2v) is 11.1. The molecule has 0 radical (unpaired) electrons. The van der Waals surface area contributed by atoms with E-state index in [0.717, 1.165) is 9.35 Å². The Morgan fingerprint density at radius 2 is 1.89 bits per heavy atom. The maximum absolute atomic E-state index is 13.3. The zero-order chi connectivity index (χ0) is 20.0. The van der Waals surface area contributed by atoms with Gasteiger partial charge >= 0.3 is 5.97 Å². The van der Waals surface area contributed by atoms with Crippen molar-refractivity contribution in [3.05, 3.63) is 51.8 Å². The number of hydrogen-bond donors (Lipinski definition) is 1. The van der Waals surface area contributed by atoms with E-state index in [1.807, 2.05) is 37.3 Å². The average molecular weight is 472 g/mol. The topological polar surface area (TPSA) is 66.8 Å². The molecule has 3 rings (SSSR count). The molecular weight excluding hydrogens is 450 g/mol. The molecule has 1 aliphatic rings. The molecule has 1 saturated carbocycles. The summed E-state index contributed by atoms with van der Waals surface area (Å²) < 4.78 is 30.4. The summed E-state index contributed by atoms with van der Waals surface area (Å²) in [5.41, 5.74) is -1.68. The summed E-state index contributed by atoms with van der Waals surface area (Å²) in [6.07, 6.45) is 0.390. The highest BCUT2D eigenvalue weighted by Gasteiger charge is 2.76. The van der Waals surface area contributed by atoms with Crippen molar-refractivity contribution in [3.63, 3.8) is 0 Å². The summed E-state index contributed by atoms with van der Waals surface area (Å²) in [6.45, 7) is 7.32. The number of esters is 1. The van der Waals surface area contributed by atoms with Crippen LogP contribution in [0.5, 0.6) is 0 Å². The van der Waals surface area contributed by atoms with Crippen LogP contribution in [-0.2, 0) is 26.2 Å². The molecule has 1 aromatic heterocycles. The minimum atomic E-state index is -2.40. The van der Waals surface area contributed by atoms with Crippen LogP contribution < -0.4 is 4.31 Å². The Bertz CT molecular complexity index is 879. The molecule has 27 heavy (non-hydrogen) atoms. The lowest BCUT2D eigenvalue weighted by molar-refractivity contribution is -0.158. The Hall–Kier alpha value is -1.22. The maximum atomic E-state index is 13.3. The van der Waals surface area contributed by atoms with Gasteiger partial charge in [-0.05, 0) is 60.8 Å². The Kier molecular flexibility index (Phi) is 5.31. The molecular formula is C19H22BrNO4S2. The van der Waals surface area contributed by atoms with E-state index in [-0.39, 0.29) is 0 Å². The highest BCUT2D eigenvalue weighted by atomic mass is 79.9. The quantitative estimate of drug-likeness (QED) is 0.497. The standard InChI is InChI=1S/C19H22BrNO4S2/c1-17(2,3)25-16(22)19(12-18(19,4)13-8-6-5-7-9-13)21(27(23)24)15-11-10-14(20)26-15/h5-11H,12H2,1-4H3,(H,23,24). The van der Waals surface area contributed by atoms with E-state index in [1.54, 1.807) is 32.9 Å². The van der Waals surface area contributed by atoms with Crippen LogP contribution in [0.15, 0.2) is 46.3 Å². The van der Waals surface area contributed by atoms with E-state index in [9.17, 15) is 13.6 Å². The Balaban J connectivity index is 2.14. The van der Waals surface area contributed by atoms with Gasteiger partial charge in [0.15, 0.2) is 5.54 Å². The van der Waals surface area contributed by atoms with Gasteiger partial charge in [0.05, 0.1) is 3.79 Å². The van der Waals surface area contributed by atoms with Gasteiger partial charge in [0.1, 0.15) is 10.6 Å². The second-order valence-electron chi connectivity index (χ2n) is 7.84. The van der Waals surface area contributed by atoms with Crippen LogP contribution >= 0.6 is 27.3 Å². The smallest absolute Gasteiger partial charge is 0.334 e. The van der Waals surface area contributed by atoms with Crippen LogP contribution in [0.4, 0.5) is 5.00 Å². The average Bonchev–Trinajstić information content (AvgIpc) is 2.98. The van der Waals surface area contributed by atoms with E-state index >= 15 is 0 Å². The van der Waals surface area contributed by atoms with Gasteiger partial charge in [-0.1, -0.05) is 37.3 Å². The summed E-state index contributed by atoms with van der Waals surface area (Å²) in [5, 5.41) is 0.535. The monoisotopic (exact) mass is 471 g/mol. The molecule has 2 aromatic rings. The highest BCUT2D eigenvalue weighted by molar-refractivity contribution is 9.11. The van der Waals surface area contributed by atoms with Gasteiger partial charge in [0.2, 0.25) is 0 Å². The zero-order valence-corrected chi connectivity index (χ0v) is 18.8. The number of benzene rings is 1. The lowest BCUT2D eigenvalue weighted by Crippen LogP contribution is -2.51. The number of ether oxygens (including phenoxy) is 1. The van der Waals surface area contributed by atoms with Gasteiger partial charge in [0.25, 0.3) is 11.3 Å². The number of thiophene rings is 1. The summed E-state index contributed by atoms with van der Waals surface area (Å²) in [4.78, 5) is 13.3. The summed E-state index contributed by atoms with van der Waals surface area (Å²) in [6, 6.07) is 13.1. The number of carbonyl (C=O) groups excluding carboxylic acids is 1. The molecule has 3 atom stereocenters. The van der Waals surface area contributed by atoms with Crippen molar-refractivity contribution < 1.29 is 18.3 Å². The fourth-order valence-corrected chi connectivity index (χ4v) is 5.93. The molecule has 0 spiro atoms. The van der Waals surface area contributed by atoms with E-state index in [4.69, 9.17) is 4.74 Å². The van der Waals surface area contributed by atoms with E-state index in [0.29, 0.717) is 11.4 Å². The van der Waals surface area contributed by atoms with Crippen molar-refractivity contribution >= 4 is 49.5 Å². The van der Waals surface area contributed by atoms with Crippen LogP contribution in [0.1, 0.15) is 39.7 Å². The van der Waals surface area contributed by atoms with Crippen LogP contribution in [0.2, 0.25) is 0 Å². The van der Waals surface area contributed by atoms with Crippen molar-refractivity contribution in [2.75, 3.05) is 4.31 Å². The second kappa shape index (κ2) is 6.99. The Labute approximate surface area is 174 Å². The maximum Gasteiger partial charge on any atom is 0.334 e. The van der Waals surface area contributed by atoms with E-state index < -0.39 is 33.8 Å². The van der Waals surface area contributed by atoms with Gasteiger partial charge in [-0.2, -0.15) is 0 Å². The van der Waals surface area contributed by atoms with Gasteiger partial charge in [-0.3, -0.25) is 4.55 Å². The molecule has 8 heteroatoms. The van der Waals surface area contributed by atoms with Crippen LogP contribution in [-0.4, -0.2) is 25.9 Å². The molecule has 0 bridgehead atoms. The van der Waals surface area contributed by atoms with Gasteiger partial charge in [-0.25, -0.2) is 13.3 Å². The first-order valence-corrected chi connectivity index (χ1v) is 11.1. The first kappa shape index (κ1) is 20.5. The van der Waals surface area contributed by atoms with Crippen molar-refractivity contribution in [1.29, 1.82) is 0 Å².